The maximum atomic E-state index is 6.04. The molecule has 24 heavy (non-hydrogen) atoms. The second-order valence-corrected chi connectivity index (χ2v) is 8.88. The van der Waals surface area contributed by atoms with Gasteiger partial charge in [0.15, 0.2) is 0 Å². The summed E-state index contributed by atoms with van der Waals surface area (Å²) in [7, 11) is 0. The Balaban J connectivity index is 2.05. The summed E-state index contributed by atoms with van der Waals surface area (Å²) in [5, 5.41) is 0. The van der Waals surface area contributed by atoms with Crippen LogP contribution in [0.3, 0.4) is 0 Å². The summed E-state index contributed by atoms with van der Waals surface area (Å²) >= 11 is 0. The van der Waals surface area contributed by atoms with Crippen LogP contribution in [-0.2, 0) is 9.47 Å². The summed E-state index contributed by atoms with van der Waals surface area (Å²) in [5.74, 6) is 0.784. The van der Waals surface area contributed by atoms with E-state index in [0.717, 1.165) is 12.5 Å². The monoisotopic (exact) mass is 338 g/mol. The van der Waals surface area contributed by atoms with Gasteiger partial charge in [-0.1, -0.05) is 25.8 Å². The minimum absolute atomic E-state index is 0.0222. The van der Waals surface area contributed by atoms with Crippen molar-refractivity contribution in [1.29, 1.82) is 0 Å². The van der Waals surface area contributed by atoms with Crippen molar-refractivity contribution in [2.24, 2.45) is 5.92 Å². The molecule has 0 bridgehead atoms. The largest absolute Gasteiger partial charge is 0.374 e. The smallest absolute Gasteiger partial charge is 0.0680 e. The summed E-state index contributed by atoms with van der Waals surface area (Å²) in [6, 6.07) is 0. The van der Waals surface area contributed by atoms with Gasteiger partial charge in [0.1, 0.15) is 0 Å². The van der Waals surface area contributed by atoms with E-state index in [4.69, 9.17) is 9.47 Å². The first-order valence-electron chi connectivity index (χ1n) is 10.2. The van der Waals surface area contributed by atoms with Crippen molar-refractivity contribution >= 4 is 0 Å². The van der Waals surface area contributed by atoms with Crippen molar-refractivity contribution in [3.8, 4) is 0 Å². The lowest BCUT2D eigenvalue weighted by Crippen LogP contribution is -2.25. The molecule has 0 amide bonds. The molecule has 142 valence electrons. The molecule has 1 aliphatic carbocycles. The number of hydrogen-bond donors (Lipinski definition) is 0. The molecule has 0 spiro atoms. The van der Waals surface area contributed by atoms with Gasteiger partial charge in [-0.3, -0.25) is 0 Å². The van der Waals surface area contributed by atoms with E-state index in [1.807, 2.05) is 0 Å². The zero-order valence-corrected chi connectivity index (χ0v) is 17.2. The number of ether oxygens (including phenoxy) is 2. The third kappa shape index (κ3) is 11.3. The summed E-state index contributed by atoms with van der Waals surface area (Å²) in [4.78, 5) is 0. The van der Waals surface area contributed by atoms with Crippen LogP contribution in [0.15, 0.2) is 11.6 Å². The van der Waals surface area contributed by atoms with Crippen LogP contribution in [0.1, 0.15) is 99.3 Å². The normalized spacial score (nSPS) is 19.7. The van der Waals surface area contributed by atoms with Crippen molar-refractivity contribution in [3.63, 3.8) is 0 Å². The SMILES string of the molecule is C[C@@H](CCC[C@H](C)OC(C)(C)C)CC[C@H](C)OCC1=CCCCC1. The van der Waals surface area contributed by atoms with Crippen molar-refractivity contribution in [3.05, 3.63) is 11.6 Å². The zero-order valence-electron chi connectivity index (χ0n) is 17.2. The summed E-state index contributed by atoms with van der Waals surface area (Å²) < 4.78 is 12.0. The van der Waals surface area contributed by atoms with Gasteiger partial charge in [-0.2, -0.15) is 0 Å². The molecule has 0 aromatic rings. The van der Waals surface area contributed by atoms with Gasteiger partial charge in [0.25, 0.3) is 0 Å². The molecule has 0 aliphatic heterocycles. The van der Waals surface area contributed by atoms with Gasteiger partial charge in [0, 0.05) is 0 Å². The molecule has 0 heterocycles. The molecule has 0 saturated heterocycles. The predicted octanol–water partition coefficient (Wildman–Crippen LogP) is 6.68. The minimum Gasteiger partial charge on any atom is -0.374 e. The number of rotatable bonds is 11. The molecule has 2 nitrogen and oxygen atoms in total. The van der Waals surface area contributed by atoms with Crippen LogP contribution in [0.25, 0.3) is 0 Å². The summed E-state index contributed by atoms with van der Waals surface area (Å²) in [6.45, 7) is 14.1. The van der Waals surface area contributed by atoms with Gasteiger partial charge in [-0.15, -0.1) is 0 Å². The Morgan fingerprint density at radius 3 is 2.33 bits per heavy atom. The quantitative estimate of drug-likeness (QED) is 0.391. The number of allylic oxidation sites excluding steroid dienone is 1. The lowest BCUT2D eigenvalue weighted by atomic mass is 9.96. The van der Waals surface area contributed by atoms with Crippen LogP contribution in [0.2, 0.25) is 0 Å². The maximum absolute atomic E-state index is 6.04. The topological polar surface area (TPSA) is 18.5 Å². The highest BCUT2D eigenvalue weighted by atomic mass is 16.5. The highest BCUT2D eigenvalue weighted by Crippen LogP contribution is 2.21. The third-order valence-electron chi connectivity index (χ3n) is 4.87. The average Bonchev–Trinajstić information content (AvgIpc) is 2.50. The van der Waals surface area contributed by atoms with Crippen LogP contribution in [0.5, 0.6) is 0 Å². The Morgan fingerprint density at radius 2 is 1.71 bits per heavy atom. The van der Waals surface area contributed by atoms with Gasteiger partial charge < -0.3 is 9.47 Å². The molecule has 0 fully saturated rings. The van der Waals surface area contributed by atoms with E-state index in [0.29, 0.717) is 12.2 Å². The molecule has 3 atom stereocenters. The Labute approximate surface area is 151 Å². The molecule has 0 aromatic carbocycles. The summed E-state index contributed by atoms with van der Waals surface area (Å²) in [6.07, 6.45) is 14.5. The fourth-order valence-corrected chi connectivity index (χ4v) is 3.45. The third-order valence-corrected chi connectivity index (χ3v) is 4.87. The lowest BCUT2D eigenvalue weighted by Gasteiger charge is -2.25. The molecular formula is C22H42O2. The Morgan fingerprint density at radius 1 is 0.958 bits per heavy atom. The average molecular weight is 339 g/mol. The predicted molar refractivity (Wildman–Crippen MR) is 105 cm³/mol. The van der Waals surface area contributed by atoms with Crippen LogP contribution in [-0.4, -0.2) is 24.4 Å². The number of hydrogen-bond acceptors (Lipinski definition) is 2. The molecule has 0 unspecified atom stereocenters. The van der Waals surface area contributed by atoms with Crippen molar-refractivity contribution < 1.29 is 9.47 Å². The van der Waals surface area contributed by atoms with Gasteiger partial charge in [0.2, 0.25) is 0 Å². The van der Waals surface area contributed by atoms with E-state index >= 15 is 0 Å². The Bertz CT molecular complexity index is 353. The first-order valence-corrected chi connectivity index (χ1v) is 10.2. The van der Waals surface area contributed by atoms with E-state index in [9.17, 15) is 0 Å². The van der Waals surface area contributed by atoms with E-state index in [2.05, 4.69) is 47.6 Å². The van der Waals surface area contributed by atoms with Gasteiger partial charge in [0.05, 0.1) is 24.4 Å². The van der Waals surface area contributed by atoms with Crippen LogP contribution in [0.4, 0.5) is 0 Å². The second kappa shape index (κ2) is 11.3. The Hall–Kier alpha value is -0.340. The van der Waals surface area contributed by atoms with Gasteiger partial charge in [-0.05, 0) is 91.1 Å². The van der Waals surface area contributed by atoms with Crippen molar-refractivity contribution in [2.45, 2.75) is 117 Å². The second-order valence-electron chi connectivity index (χ2n) is 8.88. The first kappa shape index (κ1) is 21.7. The first-order chi connectivity index (χ1) is 11.3. The lowest BCUT2D eigenvalue weighted by molar-refractivity contribution is -0.0552. The van der Waals surface area contributed by atoms with Crippen LogP contribution < -0.4 is 0 Å². The van der Waals surface area contributed by atoms with E-state index in [-0.39, 0.29) is 5.60 Å². The molecule has 1 aliphatic rings. The van der Waals surface area contributed by atoms with Gasteiger partial charge in [-0.25, -0.2) is 0 Å². The summed E-state index contributed by atoms with van der Waals surface area (Å²) in [5.41, 5.74) is 1.50. The van der Waals surface area contributed by atoms with E-state index in [1.54, 1.807) is 0 Å². The molecule has 0 aromatic heterocycles. The minimum atomic E-state index is -0.0222. The van der Waals surface area contributed by atoms with Crippen molar-refractivity contribution in [1.82, 2.24) is 0 Å². The molecule has 1 rings (SSSR count). The van der Waals surface area contributed by atoms with Crippen LogP contribution in [0, 0.1) is 5.92 Å². The Kier molecular flexibility index (Phi) is 10.2. The molecule has 0 saturated carbocycles. The zero-order chi connectivity index (χ0) is 18.0. The molecule has 0 radical (unpaired) electrons. The molecular weight excluding hydrogens is 296 g/mol. The standard InChI is InChI=1S/C22H42O2/c1-18(11-10-12-20(3)24-22(4,5)6)15-16-19(2)23-17-21-13-8-7-9-14-21/h13,18-20H,7-12,14-17H2,1-6H3/t18-,19-,20-/m0/s1. The highest BCUT2D eigenvalue weighted by molar-refractivity contribution is 5.05. The highest BCUT2D eigenvalue weighted by Gasteiger charge is 2.15. The fourth-order valence-electron chi connectivity index (χ4n) is 3.45. The molecule has 0 N–H and O–H groups in total. The van der Waals surface area contributed by atoms with Crippen LogP contribution >= 0.6 is 0 Å². The van der Waals surface area contributed by atoms with E-state index in [1.165, 1.54) is 63.4 Å². The van der Waals surface area contributed by atoms with Crippen molar-refractivity contribution in [2.75, 3.05) is 6.61 Å². The molecule has 2 heteroatoms. The maximum Gasteiger partial charge on any atom is 0.0680 e. The van der Waals surface area contributed by atoms with E-state index < -0.39 is 0 Å². The fraction of sp³-hybridized carbons (Fsp3) is 0.909. The van der Waals surface area contributed by atoms with Gasteiger partial charge >= 0.3 is 0 Å².